The third-order valence-electron chi connectivity index (χ3n) is 1.68. The lowest BCUT2D eigenvalue weighted by atomic mass is 10.2. The van der Waals surface area contributed by atoms with Crippen molar-refractivity contribution in [2.45, 2.75) is 32.0 Å². The standard InChI is InChI=1S/C7H10F3N3O/c1-2-4(11)3-5-12-6(14-13-5)7(8,9)10/h4H,2-3,11H2,1H3/t4-/m0/s1. The number of nitrogens with two attached hydrogens (primary N) is 1. The fourth-order valence-corrected chi connectivity index (χ4v) is 0.831. The molecule has 0 aliphatic carbocycles. The predicted molar refractivity (Wildman–Crippen MR) is 41.3 cm³/mol. The maximum atomic E-state index is 12.0. The number of nitrogens with zero attached hydrogens (tertiary/aromatic N) is 2. The summed E-state index contributed by atoms with van der Waals surface area (Å²) in [5.41, 5.74) is 5.52. The molecule has 0 bridgehead atoms. The summed E-state index contributed by atoms with van der Waals surface area (Å²) in [7, 11) is 0. The molecule has 0 radical (unpaired) electrons. The van der Waals surface area contributed by atoms with Gasteiger partial charge in [-0.2, -0.15) is 18.2 Å². The molecule has 0 aromatic carbocycles. The van der Waals surface area contributed by atoms with Crippen molar-refractivity contribution in [3.8, 4) is 0 Å². The number of hydrogen-bond donors (Lipinski definition) is 1. The largest absolute Gasteiger partial charge is 0.471 e. The lowest BCUT2D eigenvalue weighted by Gasteiger charge is -2.02. The Hall–Kier alpha value is -1.11. The Morgan fingerprint density at radius 3 is 2.57 bits per heavy atom. The third-order valence-corrected chi connectivity index (χ3v) is 1.68. The van der Waals surface area contributed by atoms with Crippen LogP contribution in [0.5, 0.6) is 0 Å². The summed E-state index contributed by atoms with van der Waals surface area (Å²) in [5, 5.41) is 3.18. The van der Waals surface area contributed by atoms with Crippen LogP contribution in [0.4, 0.5) is 13.2 Å². The molecule has 4 nitrogen and oxygen atoms in total. The number of halogens is 3. The van der Waals surface area contributed by atoms with Gasteiger partial charge in [-0.05, 0) is 6.42 Å². The van der Waals surface area contributed by atoms with Gasteiger partial charge in [0.1, 0.15) is 0 Å². The van der Waals surface area contributed by atoms with Crippen molar-refractivity contribution in [1.29, 1.82) is 0 Å². The molecule has 80 valence electrons. The summed E-state index contributed by atoms with van der Waals surface area (Å²) < 4.78 is 40.0. The number of alkyl halides is 3. The summed E-state index contributed by atoms with van der Waals surface area (Å²) in [6.45, 7) is 1.83. The van der Waals surface area contributed by atoms with E-state index in [0.717, 1.165) is 0 Å². The van der Waals surface area contributed by atoms with Crippen molar-refractivity contribution < 1.29 is 17.7 Å². The van der Waals surface area contributed by atoms with Gasteiger partial charge in [0.15, 0.2) is 5.82 Å². The molecular weight excluding hydrogens is 199 g/mol. The zero-order chi connectivity index (χ0) is 10.8. The van der Waals surface area contributed by atoms with Crippen LogP contribution in [0.1, 0.15) is 25.1 Å². The van der Waals surface area contributed by atoms with Crippen LogP contribution in [0.25, 0.3) is 0 Å². The van der Waals surface area contributed by atoms with Crippen LogP contribution in [0.3, 0.4) is 0 Å². The van der Waals surface area contributed by atoms with Crippen LogP contribution in [-0.4, -0.2) is 16.2 Å². The smallest absolute Gasteiger partial charge is 0.329 e. The summed E-state index contributed by atoms with van der Waals surface area (Å²) >= 11 is 0. The number of aromatic nitrogens is 2. The Balaban J connectivity index is 2.69. The van der Waals surface area contributed by atoms with Crippen LogP contribution < -0.4 is 5.73 Å². The molecule has 0 saturated heterocycles. The first-order valence-corrected chi connectivity index (χ1v) is 4.08. The van der Waals surface area contributed by atoms with E-state index >= 15 is 0 Å². The molecule has 7 heteroatoms. The van der Waals surface area contributed by atoms with Crippen molar-refractivity contribution >= 4 is 0 Å². The Kier molecular flexibility index (Phi) is 3.10. The van der Waals surface area contributed by atoms with Crippen molar-refractivity contribution in [2.24, 2.45) is 5.73 Å². The highest BCUT2D eigenvalue weighted by atomic mass is 19.4. The monoisotopic (exact) mass is 209 g/mol. The van der Waals surface area contributed by atoms with E-state index in [4.69, 9.17) is 5.73 Å². The SMILES string of the molecule is CC[C@H](N)Cc1noc(C(F)(F)F)n1. The Labute approximate surface area is 78.3 Å². The third kappa shape index (κ3) is 2.69. The summed E-state index contributed by atoms with van der Waals surface area (Å²) in [6.07, 6.45) is -3.74. The van der Waals surface area contributed by atoms with Gasteiger partial charge in [-0.1, -0.05) is 12.1 Å². The van der Waals surface area contributed by atoms with Gasteiger partial charge in [0.05, 0.1) is 0 Å². The molecule has 0 aliphatic heterocycles. The van der Waals surface area contributed by atoms with Crippen LogP contribution >= 0.6 is 0 Å². The van der Waals surface area contributed by atoms with Crippen LogP contribution in [0, 0.1) is 0 Å². The molecule has 0 fully saturated rings. The maximum Gasteiger partial charge on any atom is 0.471 e. The summed E-state index contributed by atoms with van der Waals surface area (Å²) in [6, 6.07) is -0.242. The molecule has 0 saturated carbocycles. The van der Waals surface area contributed by atoms with E-state index in [1.54, 1.807) is 0 Å². The molecule has 14 heavy (non-hydrogen) atoms. The maximum absolute atomic E-state index is 12.0. The van der Waals surface area contributed by atoms with E-state index in [2.05, 4.69) is 14.7 Å². The van der Waals surface area contributed by atoms with Crippen molar-refractivity contribution in [3.63, 3.8) is 0 Å². The molecule has 1 atom stereocenters. The average Bonchev–Trinajstić information content (AvgIpc) is 2.51. The van der Waals surface area contributed by atoms with Crippen molar-refractivity contribution in [2.75, 3.05) is 0 Å². The van der Waals surface area contributed by atoms with E-state index in [-0.39, 0.29) is 18.3 Å². The van der Waals surface area contributed by atoms with Gasteiger partial charge in [-0.15, -0.1) is 0 Å². The zero-order valence-corrected chi connectivity index (χ0v) is 7.51. The molecular formula is C7H10F3N3O. The van der Waals surface area contributed by atoms with E-state index in [1.807, 2.05) is 6.92 Å². The fourth-order valence-electron chi connectivity index (χ4n) is 0.831. The fraction of sp³-hybridized carbons (Fsp3) is 0.714. The van der Waals surface area contributed by atoms with Gasteiger partial charge >= 0.3 is 12.1 Å². The molecule has 1 rings (SSSR count). The second kappa shape index (κ2) is 3.95. The Morgan fingerprint density at radius 2 is 2.14 bits per heavy atom. The van der Waals surface area contributed by atoms with E-state index in [1.165, 1.54) is 0 Å². The first-order chi connectivity index (χ1) is 6.43. The van der Waals surface area contributed by atoms with Crippen LogP contribution in [-0.2, 0) is 12.6 Å². The van der Waals surface area contributed by atoms with Crippen LogP contribution in [0.15, 0.2) is 4.52 Å². The molecule has 1 aromatic rings. The van der Waals surface area contributed by atoms with Gasteiger partial charge in [0.25, 0.3) is 0 Å². The Morgan fingerprint density at radius 1 is 1.50 bits per heavy atom. The minimum absolute atomic E-state index is 0.00771. The molecule has 0 aliphatic rings. The molecule has 2 N–H and O–H groups in total. The van der Waals surface area contributed by atoms with Gasteiger partial charge in [0.2, 0.25) is 0 Å². The minimum Gasteiger partial charge on any atom is -0.329 e. The first-order valence-electron chi connectivity index (χ1n) is 4.08. The van der Waals surface area contributed by atoms with Gasteiger partial charge in [-0.3, -0.25) is 0 Å². The average molecular weight is 209 g/mol. The lowest BCUT2D eigenvalue weighted by Crippen LogP contribution is -2.22. The second-order valence-electron chi connectivity index (χ2n) is 2.89. The topological polar surface area (TPSA) is 64.9 Å². The van der Waals surface area contributed by atoms with Gasteiger partial charge < -0.3 is 10.3 Å². The second-order valence-corrected chi connectivity index (χ2v) is 2.89. The summed E-state index contributed by atoms with van der Waals surface area (Å²) in [4.78, 5) is 3.19. The number of rotatable bonds is 3. The predicted octanol–water partition coefficient (Wildman–Crippen LogP) is 1.37. The summed E-state index contributed by atoms with van der Waals surface area (Å²) in [5.74, 6) is -1.33. The van der Waals surface area contributed by atoms with E-state index in [0.29, 0.717) is 6.42 Å². The highest BCUT2D eigenvalue weighted by Gasteiger charge is 2.38. The van der Waals surface area contributed by atoms with Crippen molar-refractivity contribution in [3.05, 3.63) is 11.7 Å². The van der Waals surface area contributed by atoms with Gasteiger partial charge in [0, 0.05) is 12.5 Å². The Bertz CT molecular complexity index is 297. The number of hydrogen-bond acceptors (Lipinski definition) is 4. The first kappa shape index (κ1) is 11.0. The highest BCUT2D eigenvalue weighted by Crippen LogP contribution is 2.27. The normalized spacial score (nSPS) is 14.4. The zero-order valence-electron chi connectivity index (χ0n) is 7.51. The minimum atomic E-state index is -4.58. The van der Waals surface area contributed by atoms with Gasteiger partial charge in [-0.25, -0.2) is 0 Å². The highest BCUT2D eigenvalue weighted by molar-refractivity contribution is 4.92. The van der Waals surface area contributed by atoms with Crippen LogP contribution in [0.2, 0.25) is 0 Å². The lowest BCUT2D eigenvalue weighted by molar-refractivity contribution is -0.159. The quantitative estimate of drug-likeness (QED) is 0.816. The molecule has 0 unspecified atom stereocenters. The van der Waals surface area contributed by atoms with E-state index in [9.17, 15) is 13.2 Å². The molecule has 1 aromatic heterocycles. The van der Waals surface area contributed by atoms with E-state index < -0.39 is 12.1 Å². The van der Waals surface area contributed by atoms with Crippen molar-refractivity contribution in [1.82, 2.24) is 10.1 Å². The molecule has 0 amide bonds. The molecule has 1 heterocycles. The molecule has 0 spiro atoms.